The number of hydrogen-bond donors (Lipinski definition) is 1. The minimum atomic E-state index is -0.363. The molecule has 1 amide bonds. The number of anilines is 1. The Hall–Kier alpha value is -1.62. The summed E-state index contributed by atoms with van der Waals surface area (Å²) >= 11 is 0. The zero-order chi connectivity index (χ0) is 15.4. The summed E-state index contributed by atoms with van der Waals surface area (Å²) in [6.45, 7) is 4.10. The summed E-state index contributed by atoms with van der Waals surface area (Å²) in [5, 5.41) is 3.04. The van der Waals surface area contributed by atoms with Gasteiger partial charge in [-0.05, 0) is 39.1 Å². The number of para-hydroxylation sites is 1. The average molecular weight is 293 g/mol. The van der Waals surface area contributed by atoms with Crippen LogP contribution in [0.15, 0.2) is 18.2 Å². The molecule has 1 aromatic rings. The van der Waals surface area contributed by atoms with E-state index in [9.17, 15) is 9.18 Å². The van der Waals surface area contributed by atoms with E-state index in [0.29, 0.717) is 30.4 Å². The fraction of sp³-hybridized carbons (Fsp3) is 0.562. The molecule has 4 nitrogen and oxygen atoms in total. The maximum Gasteiger partial charge on any atom is 0.256 e. The molecule has 1 unspecified atom stereocenters. The number of nitrogens with one attached hydrogen (secondary N) is 1. The highest BCUT2D eigenvalue weighted by Gasteiger charge is 2.29. The molecular weight excluding hydrogens is 269 g/mol. The number of nitrogens with zero attached hydrogens (tertiary/aromatic N) is 2. The SMILES string of the molecule is CCCNc1c(F)cccc1C(=O)N1CCC(N(C)C)C1. The number of rotatable bonds is 5. The zero-order valence-electron chi connectivity index (χ0n) is 13.0. The summed E-state index contributed by atoms with van der Waals surface area (Å²) < 4.78 is 14.0. The van der Waals surface area contributed by atoms with Gasteiger partial charge in [0.2, 0.25) is 0 Å². The highest BCUT2D eigenvalue weighted by molar-refractivity contribution is 5.99. The Morgan fingerprint density at radius 1 is 1.48 bits per heavy atom. The minimum Gasteiger partial charge on any atom is -0.382 e. The van der Waals surface area contributed by atoms with Gasteiger partial charge in [0.1, 0.15) is 5.82 Å². The van der Waals surface area contributed by atoms with E-state index in [4.69, 9.17) is 0 Å². The lowest BCUT2D eigenvalue weighted by Gasteiger charge is -2.21. The molecule has 0 aliphatic carbocycles. The monoisotopic (exact) mass is 293 g/mol. The first-order chi connectivity index (χ1) is 10.0. The predicted octanol–water partition coefficient (Wildman–Crippen LogP) is 2.42. The van der Waals surface area contributed by atoms with E-state index in [1.807, 2.05) is 25.9 Å². The Morgan fingerprint density at radius 3 is 2.86 bits per heavy atom. The standard InChI is InChI=1S/C16H24FN3O/c1-4-9-18-15-13(6-5-7-14(15)17)16(21)20-10-8-12(11-20)19(2)3/h5-7,12,18H,4,8-11H2,1-3H3. The second kappa shape index (κ2) is 6.89. The third-order valence-corrected chi connectivity index (χ3v) is 3.98. The van der Waals surface area contributed by atoms with Gasteiger partial charge in [-0.1, -0.05) is 13.0 Å². The van der Waals surface area contributed by atoms with E-state index in [1.54, 1.807) is 12.1 Å². The zero-order valence-corrected chi connectivity index (χ0v) is 13.0. The number of halogens is 1. The smallest absolute Gasteiger partial charge is 0.256 e. The van der Waals surface area contributed by atoms with Gasteiger partial charge in [-0.2, -0.15) is 0 Å². The summed E-state index contributed by atoms with van der Waals surface area (Å²) in [6, 6.07) is 5.07. The Bertz CT molecular complexity index is 504. The van der Waals surface area contributed by atoms with Crippen LogP contribution in [0.5, 0.6) is 0 Å². The van der Waals surface area contributed by atoms with E-state index < -0.39 is 0 Å². The van der Waals surface area contributed by atoms with Crippen LogP contribution < -0.4 is 5.32 Å². The third kappa shape index (κ3) is 3.53. The molecule has 5 heteroatoms. The molecule has 21 heavy (non-hydrogen) atoms. The van der Waals surface area contributed by atoms with Gasteiger partial charge in [0.05, 0.1) is 11.3 Å². The average Bonchev–Trinajstić information content (AvgIpc) is 2.95. The Morgan fingerprint density at radius 2 is 2.24 bits per heavy atom. The molecule has 1 N–H and O–H groups in total. The van der Waals surface area contributed by atoms with Crippen LogP contribution in [0, 0.1) is 5.82 Å². The number of carbonyl (C=O) groups is 1. The first kappa shape index (κ1) is 15.8. The molecule has 0 bridgehead atoms. The first-order valence-corrected chi connectivity index (χ1v) is 7.52. The van der Waals surface area contributed by atoms with Crippen LogP contribution in [0.2, 0.25) is 0 Å². The first-order valence-electron chi connectivity index (χ1n) is 7.52. The van der Waals surface area contributed by atoms with E-state index in [1.165, 1.54) is 6.07 Å². The topological polar surface area (TPSA) is 35.6 Å². The Kier molecular flexibility index (Phi) is 5.17. The second-order valence-corrected chi connectivity index (χ2v) is 5.75. The largest absolute Gasteiger partial charge is 0.382 e. The normalized spacial score (nSPS) is 18.3. The van der Waals surface area contributed by atoms with Gasteiger partial charge >= 0.3 is 0 Å². The van der Waals surface area contributed by atoms with Crippen molar-refractivity contribution in [2.24, 2.45) is 0 Å². The van der Waals surface area contributed by atoms with Crippen LogP contribution in [0.1, 0.15) is 30.1 Å². The molecule has 1 aromatic carbocycles. The molecular formula is C16H24FN3O. The van der Waals surface area contributed by atoms with Crippen molar-refractivity contribution in [2.45, 2.75) is 25.8 Å². The van der Waals surface area contributed by atoms with Gasteiger partial charge in [0, 0.05) is 25.7 Å². The van der Waals surface area contributed by atoms with Crippen molar-refractivity contribution in [1.29, 1.82) is 0 Å². The summed E-state index contributed by atoms with van der Waals surface area (Å²) in [5.74, 6) is -0.449. The molecule has 0 spiro atoms. The van der Waals surface area contributed by atoms with Gasteiger partial charge < -0.3 is 15.1 Å². The van der Waals surface area contributed by atoms with Crippen LogP contribution >= 0.6 is 0 Å². The highest BCUT2D eigenvalue weighted by atomic mass is 19.1. The summed E-state index contributed by atoms with van der Waals surface area (Å²) in [6.07, 6.45) is 1.85. The van der Waals surface area contributed by atoms with E-state index in [0.717, 1.165) is 19.4 Å². The van der Waals surface area contributed by atoms with Gasteiger partial charge in [0.25, 0.3) is 5.91 Å². The number of benzene rings is 1. The molecule has 116 valence electrons. The van der Waals surface area contributed by atoms with Crippen molar-refractivity contribution in [3.8, 4) is 0 Å². The van der Waals surface area contributed by atoms with Crippen LogP contribution in [0.25, 0.3) is 0 Å². The van der Waals surface area contributed by atoms with Crippen LogP contribution in [0.3, 0.4) is 0 Å². The van der Waals surface area contributed by atoms with Crippen molar-refractivity contribution < 1.29 is 9.18 Å². The van der Waals surface area contributed by atoms with Gasteiger partial charge in [-0.25, -0.2) is 4.39 Å². The van der Waals surface area contributed by atoms with Crippen LogP contribution in [-0.2, 0) is 0 Å². The fourth-order valence-corrected chi connectivity index (χ4v) is 2.65. The number of hydrogen-bond acceptors (Lipinski definition) is 3. The molecule has 1 fully saturated rings. The summed E-state index contributed by atoms with van der Waals surface area (Å²) in [4.78, 5) is 16.6. The third-order valence-electron chi connectivity index (χ3n) is 3.98. The molecule has 0 radical (unpaired) electrons. The molecule has 1 saturated heterocycles. The summed E-state index contributed by atoms with van der Waals surface area (Å²) in [5.41, 5.74) is 0.764. The van der Waals surface area contributed by atoms with E-state index in [2.05, 4.69) is 10.2 Å². The summed E-state index contributed by atoms with van der Waals surface area (Å²) in [7, 11) is 4.05. The fourth-order valence-electron chi connectivity index (χ4n) is 2.65. The van der Waals surface area contributed by atoms with Crippen LogP contribution in [-0.4, -0.2) is 55.5 Å². The molecule has 1 atom stereocenters. The van der Waals surface area contributed by atoms with E-state index >= 15 is 0 Å². The molecule has 1 heterocycles. The number of amides is 1. The maximum atomic E-state index is 14.0. The number of carbonyl (C=O) groups excluding carboxylic acids is 1. The van der Waals surface area contributed by atoms with Gasteiger partial charge in [0.15, 0.2) is 0 Å². The Labute approximate surface area is 125 Å². The van der Waals surface area contributed by atoms with Crippen molar-refractivity contribution in [3.63, 3.8) is 0 Å². The lowest BCUT2D eigenvalue weighted by atomic mass is 10.1. The lowest BCUT2D eigenvalue weighted by molar-refractivity contribution is 0.0783. The molecule has 0 aromatic heterocycles. The van der Waals surface area contributed by atoms with Gasteiger partial charge in [-0.15, -0.1) is 0 Å². The second-order valence-electron chi connectivity index (χ2n) is 5.75. The molecule has 2 rings (SSSR count). The predicted molar refractivity (Wildman–Crippen MR) is 83.2 cm³/mol. The molecule has 1 aliphatic heterocycles. The van der Waals surface area contributed by atoms with Crippen LogP contribution in [0.4, 0.5) is 10.1 Å². The number of likely N-dealkylation sites (tertiary alicyclic amines) is 1. The lowest BCUT2D eigenvalue weighted by Crippen LogP contribution is -2.34. The highest BCUT2D eigenvalue weighted by Crippen LogP contribution is 2.24. The molecule has 0 saturated carbocycles. The van der Waals surface area contributed by atoms with Crippen molar-refractivity contribution in [1.82, 2.24) is 9.80 Å². The van der Waals surface area contributed by atoms with Crippen molar-refractivity contribution in [2.75, 3.05) is 39.0 Å². The molecule has 1 aliphatic rings. The van der Waals surface area contributed by atoms with Crippen molar-refractivity contribution in [3.05, 3.63) is 29.6 Å². The quantitative estimate of drug-likeness (QED) is 0.905. The number of likely N-dealkylation sites (N-methyl/N-ethyl adjacent to an activating group) is 1. The minimum absolute atomic E-state index is 0.0857. The van der Waals surface area contributed by atoms with Crippen molar-refractivity contribution >= 4 is 11.6 Å². The van der Waals surface area contributed by atoms with Gasteiger partial charge in [-0.3, -0.25) is 4.79 Å². The van der Waals surface area contributed by atoms with E-state index in [-0.39, 0.29) is 11.7 Å². The maximum absolute atomic E-state index is 14.0. The Balaban J connectivity index is 2.18.